The van der Waals surface area contributed by atoms with E-state index >= 15 is 0 Å². The number of likely N-dealkylation sites (N-methyl/N-ethyl adjacent to an activating group) is 3. The number of likely N-dealkylation sites (tertiary alicyclic amines) is 1. The average Bonchev–Trinajstić information content (AvgIpc) is 3.58. The molecule has 2 N–H and O–H groups in total. The Labute approximate surface area is 400 Å². The number of methoxy groups -OCH3 is 1. The quantitative estimate of drug-likeness (QED) is 0.257. The average molecular weight is 1070 g/mol. The summed E-state index contributed by atoms with van der Waals surface area (Å²) in [5.74, 6) is -1.40. The highest BCUT2D eigenvalue weighted by atomic mass is 127. The standard InChI is InChI=1S/C30H38N4O5S.C8H13NO2.C7H11NO2.BrH.HI/c1-32-16-8-11-24(19-32)28(35)31-26(21-39-20-23-9-4-3-5-10-23)29(36)33-17-14-30(15-18-33)22-34(40(2,37)38)27-13-7-6-12-25(27)30;1-9-5-3-4-7(6-9)8(10)11-2;1-8-4-2-3-6(5-8)7(9)10;;/h3-7,9-13,26H,8,14-22H2,1-2H3,(H,31,35);4H,3,5-6H2,1-2H3;3H,2,4-5H2,1H3,(H,9,10);2*1H/t26-;;;;/m1..../s1. The van der Waals surface area contributed by atoms with Crippen LogP contribution in [-0.4, -0.2) is 163 Å². The van der Waals surface area contributed by atoms with Crippen LogP contribution in [0.1, 0.15) is 43.2 Å². The summed E-state index contributed by atoms with van der Waals surface area (Å²) in [5.41, 5.74) is 4.38. The molecule has 18 heteroatoms. The molecule has 0 radical (unpaired) electrons. The van der Waals surface area contributed by atoms with Crippen LogP contribution in [0.5, 0.6) is 0 Å². The van der Waals surface area contributed by atoms with Gasteiger partial charge in [-0.25, -0.2) is 18.0 Å². The van der Waals surface area contributed by atoms with Crippen LogP contribution in [0, 0.1) is 0 Å². The van der Waals surface area contributed by atoms with Crippen molar-refractivity contribution in [1.29, 1.82) is 0 Å². The molecule has 0 unspecified atom stereocenters. The van der Waals surface area contributed by atoms with E-state index in [-0.39, 0.29) is 70.8 Å². The largest absolute Gasteiger partial charge is 0.478 e. The zero-order valence-electron chi connectivity index (χ0n) is 37.0. The molecule has 1 saturated heterocycles. The fourth-order valence-corrected chi connectivity index (χ4v) is 9.26. The summed E-state index contributed by atoms with van der Waals surface area (Å²) >= 11 is 0. The van der Waals surface area contributed by atoms with E-state index < -0.39 is 22.0 Å². The highest BCUT2D eigenvalue weighted by Gasteiger charge is 2.48. The van der Waals surface area contributed by atoms with Crippen molar-refractivity contribution in [1.82, 2.24) is 24.9 Å². The van der Waals surface area contributed by atoms with E-state index in [0.29, 0.717) is 69.9 Å². The Hall–Kier alpha value is -3.66. The predicted octanol–water partition coefficient (Wildman–Crippen LogP) is 4.24. The summed E-state index contributed by atoms with van der Waals surface area (Å²) in [7, 11) is 3.89. The van der Waals surface area contributed by atoms with Crippen molar-refractivity contribution in [3.05, 3.63) is 101 Å². The lowest BCUT2D eigenvalue weighted by atomic mass is 9.74. The number of ether oxygens (including phenoxy) is 2. The number of nitrogens with one attached hydrogen (secondary N) is 1. The van der Waals surface area contributed by atoms with Gasteiger partial charge in [0.1, 0.15) is 6.04 Å². The highest BCUT2D eigenvalue weighted by Crippen LogP contribution is 2.47. The number of esters is 1. The van der Waals surface area contributed by atoms with E-state index in [9.17, 15) is 27.6 Å². The lowest BCUT2D eigenvalue weighted by Crippen LogP contribution is -2.55. The summed E-state index contributed by atoms with van der Waals surface area (Å²) in [6, 6.07) is 16.6. The normalized spacial score (nSPS) is 19.1. The number of rotatable bonds is 10. The minimum absolute atomic E-state index is 0. The fraction of sp³-hybridized carbons (Fsp3) is 0.511. The van der Waals surface area contributed by atoms with E-state index in [4.69, 9.17) is 9.84 Å². The number of piperidine rings is 1. The Bertz CT molecular complexity index is 2080. The second-order valence-corrected chi connectivity index (χ2v) is 18.4. The summed E-state index contributed by atoms with van der Waals surface area (Å²) in [6.07, 6.45) is 10.8. The topological polar surface area (TPSA) is 169 Å². The zero-order valence-corrected chi connectivity index (χ0v) is 41.9. The van der Waals surface area contributed by atoms with Gasteiger partial charge in [0, 0.05) is 81.0 Å². The third kappa shape index (κ3) is 15.2. The van der Waals surface area contributed by atoms with Gasteiger partial charge < -0.3 is 39.5 Å². The zero-order chi connectivity index (χ0) is 44.2. The van der Waals surface area contributed by atoms with Crippen LogP contribution in [0.25, 0.3) is 0 Å². The van der Waals surface area contributed by atoms with Crippen LogP contribution < -0.4 is 9.62 Å². The number of carboxylic acids is 1. The molecule has 15 nitrogen and oxygen atoms in total. The maximum absolute atomic E-state index is 13.8. The number of carboxylic acid groups (broad SMARTS) is 1. The maximum Gasteiger partial charge on any atom is 0.334 e. The molecule has 1 spiro atoms. The number of benzene rings is 2. The van der Waals surface area contributed by atoms with Crippen molar-refractivity contribution in [2.45, 2.75) is 50.2 Å². The molecule has 2 aromatic rings. The number of hydrogen-bond acceptors (Lipinski definition) is 11. The van der Waals surface area contributed by atoms with Gasteiger partial charge in [-0.3, -0.25) is 13.9 Å². The summed E-state index contributed by atoms with van der Waals surface area (Å²) in [6.45, 7) is 6.47. The van der Waals surface area contributed by atoms with Crippen LogP contribution in [-0.2, 0) is 50.7 Å². The van der Waals surface area contributed by atoms with E-state index in [1.54, 1.807) is 11.0 Å². The van der Waals surface area contributed by atoms with Gasteiger partial charge in [0.05, 0.1) is 32.3 Å². The Morgan fingerprint density at radius 2 is 1.30 bits per heavy atom. The number of amides is 2. The van der Waals surface area contributed by atoms with Crippen molar-refractivity contribution in [2.75, 3.05) is 104 Å². The molecular weight excluding hydrogens is 1010 g/mol. The third-order valence-electron chi connectivity index (χ3n) is 11.7. The van der Waals surface area contributed by atoms with Crippen molar-refractivity contribution in [3.63, 3.8) is 0 Å². The fourth-order valence-electron chi connectivity index (χ4n) is 8.26. The van der Waals surface area contributed by atoms with E-state index in [2.05, 4.69) is 19.9 Å². The van der Waals surface area contributed by atoms with Crippen molar-refractivity contribution >= 4 is 80.4 Å². The molecule has 2 amide bonds. The lowest BCUT2D eigenvalue weighted by molar-refractivity contribution is -0.139. The van der Waals surface area contributed by atoms with Gasteiger partial charge in [-0.15, -0.1) is 41.0 Å². The van der Waals surface area contributed by atoms with Crippen LogP contribution in [0.2, 0.25) is 0 Å². The first kappa shape index (κ1) is 53.7. The Morgan fingerprint density at radius 1 is 0.778 bits per heavy atom. The van der Waals surface area contributed by atoms with Crippen molar-refractivity contribution in [3.8, 4) is 0 Å². The molecule has 348 valence electrons. The van der Waals surface area contributed by atoms with Crippen molar-refractivity contribution in [2.24, 2.45) is 0 Å². The van der Waals surface area contributed by atoms with E-state index in [1.165, 1.54) is 17.7 Å². The Morgan fingerprint density at radius 3 is 1.84 bits per heavy atom. The number of nitrogens with zero attached hydrogens (tertiary/aromatic N) is 5. The van der Waals surface area contributed by atoms with Gasteiger partial charge in [0.25, 0.3) is 0 Å². The Balaban J connectivity index is 0.000000376. The van der Waals surface area contributed by atoms with Gasteiger partial charge >= 0.3 is 11.9 Å². The SMILES string of the molecule is Br.CN1CCC=C(C(=O)N[C@H](COCc2ccccc2)C(=O)N2CCC3(CC2)CN(S(C)(=O)=O)c2ccccc23)C1.CN1CCC=C(C(=O)O)C1.COC(=O)C1=CCCN(C)C1.I. The second-order valence-electron chi connectivity index (χ2n) is 16.5. The number of hydrogen-bond donors (Lipinski definition) is 2. The minimum atomic E-state index is -3.42. The van der Waals surface area contributed by atoms with Crippen LogP contribution in [0.15, 0.2) is 89.5 Å². The molecule has 7 rings (SSSR count). The summed E-state index contributed by atoms with van der Waals surface area (Å²) in [5, 5.41) is 11.5. The molecule has 2 aromatic carbocycles. The van der Waals surface area contributed by atoms with Crippen molar-refractivity contribution < 1.29 is 42.2 Å². The maximum atomic E-state index is 13.8. The van der Waals surface area contributed by atoms with Crippen LogP contribution in [0.3, 0.4) is 0 Å². The number of anilines is 1. The number of halogens is 2. The molecule has 63 heavy (non-hydrogen) atoms. The molecular formula is C45H64BrIN6O9S. The number of para-hydroxylation sites is 1. The minimum Gasteiger partial charge on any atom is -0.478 e. The van der Waals surface area contributed by atoms with Gasteiger partial charge in [0.15, 0.2) is 0 Å². The molecule has 5 aliphatic heterocycles. The molecule has 0 saturated carbocycles. The number of aliphatic carboxylic acids is 1. The monoisotopic (exact) mass is 1070 g/mol. The first-order chi connectivity index (χ1) is 29.1. The number of carbonyl (C=O) groups excluding carboxylic acids is 3. The smallest absolute Gasteiger partial charge is 0.334 e. The van der Waals surface area contributed by atoms with Gasteiger partial charge in [-0.2, -0.15) is 0 Å². The van der Waals surface area contributed by atoms with Gasteiger partial charge in [-0.1, -0.05) is 66.8 Å². The predicted molar refractivity (Wildman–Crippen MR) is 260 cm³/mol. The lowest BCUT2D eigenvalue weighted by Gasteiger charge is -2.41. The second kappa shape index (κ2) is 25.1. The van der Waals surface area contributed by atoms with E-state index in [0.717, 1.165) is 61.3 Å². The molecule has 0 aromatic heterocycles. The third-order valence-corrected chi connectivity index (χ3v) is 12.8. The number of sulfonamides is 1. The molecule has 1 atom stereocenters. The number of carbonyl (C=O) groups is 4. The first-order valence-electron chi connectivity index (χ1n) is 20.8. The van der Waals surface area contributed by atoms with Crippen LogP contribution >= 0.6 is 41.0 Å². The summed E-state index contributed by atoms with van der Waals surface area (Å²) in [4.78, 5) is 56.3. The van der Waals surface area contributed by atoms with Crippen LogP contribution in [0.4, 0.5) is 5.69 Å². The first-order valence-corrected chi connectivity index (χ1v) is 22.7. The molecule has 1 fully saturated rings. The molecule has 0 bridgehead atoms. The highest BCUT2D eigenvalue weighted by molar-refractivity contribution is 14.0. The molecule has 5 heterocycles. The number of fused-ring (bicyclic) bond motifs is 2. The van der Waals surface area contributed by atoms with Gasteiger partial charge in [0.2, 0.25) is 21.8 Å². The molecule has 0 aliphatic carbocycles. The van der Waals surface area contributed by atoms with Gasteiger partial charge in [-0.05, 0) is 70.4 Å². The molecule has 5 aliphatic rings. The Kier molecular flexibility index (Phi) is 21.4. The van der Waals surface area contributed by atoms with E-state index in [1.807, 2.05) is 92.8 Å². The summed E-state index contributed by atoms with van der Waals surface area (Å²) < 4.78 is 37.1.